The third kappa shape index (κ3) is 2.82. The number of aromatic nitrogens is 3. The minimum atomic E-state index is -0.0681. The number of rotatable bonds is 5. The molecule has 17 heavy (non-hydrogen) atoms. The van der Waals surface area contributed by atoms with E-state index in [1.54, 1.807) is 12.1 Å². The zero-order valence-electron chi connectivity index (χ0n) is 9.47. The van der Waals surface area contributed by atoms with Crippen molar-refractivity contribution in [2.24, 2.45) is 0 Å². The van der Waals surface area contributed by atoms with Gasteiger partial charge >= 0.3 is 0 Å². The Labute approximate surface area is 104 Å². The van der Waals surface area contributed by atoms with Crippen LogP contribution in [0.5, 0.6) is 0 Å². The molecule has 2 rings (SSSR count). The van der Waals surface area contributed by atoms with Gasteiger partial charge in [-0.3, -0.25) is 4.79 Å². The molecule has 90 valence electrons. The molecule has 5 heteroatoms. The van der Waals surface area contributed by atoms with Gasteiger partial charge in [0.25, 0.3) is 5.56 Å². The molecule has 0 aliphatic carbocycles. The molecule has 0 amide bonds. The predicted octanol–water partition coefficient (Wildman–Crippen LogP) is 2.20. The van der Waals surface area contributed by atoms with Crippen LogP contribution in [0.3, 0.4) is 0 Å². The van der Waals surface area contributed by atoms with Crippen LogP contribution in [0.15, 0.2) is 29.1 Å². The van der Waals surface area contributed by atoms with Crippen molar-refractivity contribution in [2.75, 3.05) is 5.88 Å². The van der Waals surface area contributed by atoms with Crippen LogP contribution < -0.4 is 5.56 Å². The molecule has 0 radical (unpaired) electrons. The predicted molar refractivity (Wildman–Crippen MR) is 68.4 cm³/mol. The second-order valence-electron chi connectivity index (χ2n) is 3.88. The van der Waals surface area contributed by atoms with Crippen molar-refractivity contribution >= 4 is 22.5 Å². The molecule has 0 atom stereocenters. The van der Waals surface area contributed by atoms with Gasteiger partial charge in [-0.2, -0.15) is 0 Å². The van der Waals surface area contributed by atoms with E-state index in [1.807, 2.05) is 12.1 Å². The maximum absolute atomic E-state index is 12.0. The molecular formula is C12H14ClN3O. The molecule has 0 unspecified atom stereocenters. The molecule has 0 bridgehead atoms. The van der Waals surface area contributed by atoms with Crippen LogP contribution in [-0.2, 0) is 6.54 Å². The normalized spacial score (nSPS) is 10.9. The van der Waals surface area contributed by atoms with Gasteiger partial charge in [0.1, 0.15) is 5.52 Å². The van der Waals surface area contributed by atoms with Crippen LogP contribution in [0.4, 0.5) is 0 Å². The summed E-state index contributed by atoms with van der Waals surface area (Å²) >= 11 is 5.60. The second-order valence-corrected chi connectivity index (χ2v) is 4.26. The first kappa shape index (κ1) is 12.0. The second kappa shape index (κ2) is 5.77. The summed E-state index contributed by atoms with van der Waals surface area (Å²) in [5.41, 5.74) is 0.580. The third-order valence-electron chi connectivity index (χ3n) is 2.63. The highest BCUT2D eigenvalue weighted by Crippen LogP contribution is 2.04. The number of benzene rings is 1. The Hall–Kier alpha value is -1.42. The van der Waals surface area contributed by atoms with Gasteiger partial charge in [-0.05, 0) is 25.0 Å². The highest BCUT2D eigenvalue weighted by molar-refractivity contribution is 6.17. The number of hydrogen-bond acceptors (Lipinski definition) is 3. The number of fused-ring (bicyclic) bond motifs is 1. The summed E-state index contributed by atoms with van der Waals surface area (Å²) in [6.07, 6.45) is 2.88. The molecule has 0 N–H and O–H groups in total. The van der Waals surface area contributed by atoms with Crippen LogP contribution in [0.1, 0.15) is 19.3 Å². The van der Waals surface area contributed by atoms with E-state index in [2.05, 4.69) is 10.3 Å². The molecule has 0 aliphatic heterocycles. The maximum atomic E-state index is 12.0. The molecule has 0 saturated carbocycles. The number of alkyl halides is 1. The lowest BCUT2D eigenvalue weighted by atomic mass is 10.2. The first-order chi connectivity index (χ1) is 8.33. The number of unbranched alkanes of at least 4 members (excludes halogenated alkanes) is 2. The summed E-state index contributed by atoms with van der Waals surface area (Å²) < 4.78 is 1.43. The average Bonchev–Trinajstić information content (AvgIpc) is 2.37. The van der Waals surface area contributed by atoms with E-state index >= 15 is 0 Å². The fourth-order valence-electron chi connectivity index (χ4n) is 1.70. The van der Waals surface area contributed by atoms with Gasteiger partial charge in [0.2, 0.25) is 0 Å². The fraction of sp³-hybridized carbons (Fsp3) is 0.417. The molecule has 2 aromatic rings. The zero-order chi connectivity index (χ0) is 12.1. The van der Waals surface area contributed by atoms with Crippen molar-refractivity contribution in [2.45, 2.75) is 25.8 Å². The lowest BCUT2D eigenvalue weighted by Gasteiger charge is -2.03. The SMILES string of the molecule is O=c1c2ccccc2nnn1CCCCCCl. The largest absolute Gasteiger partial charge is 0.277 e. The average molecular weight is 252 g/mol. The van der Waals surface area contributed by atoms with E-state index < -0.39 is 0 Å². The lowest BCUT2D eigenvalue weighted by Crippen LogP contribution is -2.24. The molecular weight excluding hydrogens is 238 g/mol. The molecule has 0 saturated heterocycles. The van der Waals surface area contributed by atoms with E-state index in [4.69, 9.17) is 11.6 Å². The monoisotopic (exact) mass is 251 g/mol. The van der Waals surface area contributed by atoms with E-state index in [0.29, 0.717) is 23.3 Å². The molecule has 0 aliphatic rings. The third-order valence-corrected chi connectivity index (χ3v) is 2.90. The number of aryl methyl sites for hydroxylation is 1. The van der Waals surface area contributed by atoms with Crippen LogP contribution in [0.25, 0.3) is 10.9 Å². The Morgan fingerprint density at radius 3 is 2.82 bits per heavy atom. The highest BCUT2D eigenvalue weighted by atomic mass is 35.5. The standard InChI is InChI=1S/C12H14ClN3O/c13-8-4-1-5-9-16-12(17)10-6-2-3-7-11(10)14-15-16/h2-3,6-7H,1,4-5,8-9H2. The van der Waals surface area contributed by atoms with Gasteiger partial charge in [0.15, 0.2) is 0 Å². The Bertz CT molecular complexity index is 553. The Morgan fingerprint density at radius 2 is 2.00 bits per heavy atom. The van der Waals surface area contributed by atoms with Gasteiger partial charge in [-0.25, -0.2) is 4.68 Å². The van der Waals surface area contributed by atoms with Crippen molar-refractivity contribution in [1.82, 2.24) is 15.0 Å². The van der Waals surface area contributed by atoms with Gasteiger partial charge in [0, 0.05) is 12.4 Å². The quantitative estimate of drug-likeness (QED) is 0.605. The zero-order valence-corrected chi connectivity index (χ0v) is 10.2. The summed E-state index contributed by atoms with van der Waals surface area (Å²) in [7, 11) is 0. The first-order valence-corrected chi connectivity index (χ1v) is 6.25. The summed E-state index contributed by atoms with van der Waals surface area (Å²) in [5, 5.41) is 8.58. The minimum absolute atomic E-state index is 0.0681. The fourth-order valence-corrected chi connectivity index (χ4v) is 1.89. The minimum Gasteiger partial charge on any atom is -0.267 e. The van der Waals surface area contributed by atoms with E-state index in [9.17, 15) is 4.79 Å². The van der Waals surface area contributed by atoms with Gasteiger partial charge < -0.3 is 0 Å². The van der Waals surface area contributed by atoms with Gasteiger partial charge in [-0.15, -0.1) is 16.7 Å². The van der Waals surface area contributed by atoms with Crippen LogP contribution >= 0.6 is 11.6 Å². The van der Waals surface area contributed by atoms with E-state index in [1.165, 1.54) is 4.68 Å². The molecule has 4 nitrogen and oxygen atoms in total. The number of halogens is 1. The van der Waals surface area contributed by atoms with Gasteiger partial charge in [0.05, 0.1) is 5.39 Å². The van der Waals surface area contributed by atoms with E-state index in [-0.39, 0.29) is 5.56 Å². The summed E-state index contributed by atoms with van der Waals surface area (Å²) in [6.45, 7) is 0.605. The van der Waals surface area contributed by atoms with Crippen molar-refractivity contribution in [3.8, 4) is 0 Å². The highest BCUT2D eigenvalue weighted by Gasteiger charge is 2.03. The van der Waals surface area contributed by atoms with Crippen molar-refractivity contribution < 1.29 is 0 Å². The lowest BCUT2D eigenvalue weighted by molar-refractivity contribution is 0.509. The van der Waals surface area contributed by atoms with Crippen molar-refractivity contribution in [3.63, 3.8) is 0 Å². The van der Waals surface area contributed by atoms with Gasteiger partial charge in [-0.1, -0.05) is 23.8 Å². The van der Waals surface area contributed by atoms with Crippen LogP contribution in [-0.4, -0.2) is 20.9 Å². The molecule has 1 aromatic carbocycles. The maximum Gasteiger partial charge on any atom is 0.277 e. The topological polar surface area (TPSA) is 47.8 Å². The summed E-state index contributed by atoms with van der Waals surface area (Å²) in [6, 6.07) is 7.26. The van der Waals surface area contributed by atoms with E-state index in [0.717, 1.165) is 19.3 Å². The summed E-state index contributed by atoms with van der Waals surface area (Å²) in [5.74, 6) is 0.665. The molecule has 0 spiro atoms. The molecule has 0 fully saturated rings. The Morgan fingerprint density at radius 1 is 1.18 bits per heavy atom. The first-order valence-electron chi connectivity index (χ1n) is 5.71. The Kier molecular flexibility index (Phi) is 4.09. The molecule has 1 aromatic heterocycles. The van der Waals surface area contributed by atoms with Crippen LogP contribution in [0.2, 0.25) is 0 Å². The van der Waals surface area contributed by atoms with Crippen molar-refractivity contribution in [1.29, 1.82) is 0 Å². The van der Waals surface area contributed by atoms with Crippen LogP contribution in [0, 0.1) is 0 Å². The molecule has 1 heterocycles. The van der Waals surface area contributed by atoms with Crippen molar-refractivity contribution in [3.05, 3.63) is 34.6 Å². The number of nitrogens with zero attached hydrogens (tertiary/aromatic N) is 3. The Balaban J connectivity index is 2.18. The smallest absolute Gasteiger partial charge is 0.267 e. The summed E-state index contributed by atoms with van der Waals surface area (Å²) in [4.78, 5) is 12.0. The number of hydrogen-bond donors (Lipinski definition) is 0.